The number of carbonyl (C=O) groups is 1. The van der Waals surface area contributed by atoms with Crippen LogP contribution in [0, 0.1) is 5.82 Å². The molecule has 28 heavy (non-hydrogen) atoms. The molecule has 3 aromatic carbocycles. The molecule has 140 valence electrons. The summed E-state index contributed by atoms with van der Waals surface area (Å²) in [5, 5.41) is 3.91. The summed E-state index contributed by atoms with van der Waals surface area (Å²) in [6, 6.07) is 18.4. The zero-order valence-electron chi connectivity index (χ0n) is 14.5. The number of carbonyl (C=O) groups excluding carboxylic acids is 1. The van der Waals surface area contributed by atoms with Crippen molar-refractivity contribution in [2.45, 2.75) is 6.61 Å². The highest BCUT2D eigenvalue weighted by Gasteiger charge is 2.15. The lowest BCUT2D eigenvalue weighted by Crippen LogP contribution is -2.13. The number of hydrogen-bond acceptors (Lipinski definition) is 4. The summed E-state index contributed by atoms with van der Waals surface area (Å²) in [6.07, 6.45) is 0. The minimum Gasteiger partial charge on any atom is -0.488 e. The molecule has 0 aliphatic heterocycles. The second-order valence-electron chi connectivity index (χ2n) is 6.00. The summed E-state index contributed by atoms with van der Waals surface area (Å²) < 4.78 is 19.7. The Morgan fingerprint density at radius 1 is 1.11 bits per heavy atom. The predicted octanol–water partition coefficient (Wildman–Crippen LogP) is 5.92. The molecule has 0 unspecified atom stereocenters. The fourth-order valence-electron chi connectivity index (χ4n) is 2.64. The molecule has 1 N–H and O–H groups in total. The molecule has 0 saturated heterocycles. The lowest BCUT2D eigenvalue weighted by Gasteiger charge is -2.11. The van der Waals surface area contributed by atoms with Crippen LogP contribution in [0.1, 0.15) is 15.9 Å². The molecule has 0 bridgehead atoms. The Balaban J connectivity index is 1.51. The first-order chi connectivity index (χ1) is 13.6. The van der Waals surface area contributed by atoms with E-state index in [9.17, 15) is 9.18 Å². The second kappa shape index (κ2) is 7.96. The number of rotatable bonds is 5. The van der Waals surface area contributed by atoms with Gasteiger partial charge in [-0.15, -0.1) is 0 Å². The van der Waals surface area contributed by atoms with Crippen LogP contribution < -0.4 is 10.1 Å². The van der Waals surface area contributed by atoms with Crippen LogP contribution in [-0.4, -0.2) is 10.9 Å². The Morgan fingerprint density at radius 3 is 2.71 bits per heavy atom. The van der Waals surface area contributed by atoms with Gasteiger partial charge < -0.3 is 4.74 Å². The van der Waals surface area contributed by atoms with E-state index in [4.69, 9.17) is 16.3 Å². The number of nitrogens with zero attached hydrogens (tertiary/aromatic N) is 1. The molecular weight excluding hydrogens is 399 g/mol. The van der Waals surface area contributed by atoms with E-state index < -0.39 is 0 Å². The summed E-state index contributed by atoms with van der Waals surface area (Å²) in [6.45, 7) is 0.226. The third-order valence-corrected chi connectivity index (χ3v) is 5.18. The number of nitrogens with one attached hydrogen (secondary N) is 1. The van der Waals surface area contributed by atoms with Gasteiger partial charge in [0.1, 0.15) is 18.2 Å². The predicted molar refractivity (Wildman–Crippen MR) is 110 cm³/mol. The first-order valence-electron chi connectivity index (χ1n) is 8.42. The highest BCUT2D eigenvalue weighted by atomic mass is 35.5. The largest absolute Gasteiger partial charge is 0.488 e. The molecule has 0 fully saturated rings. The van der Waals surface area contributed by atoms with E-state index in [2.05, 4.69) is 10.3 Å². The van der Waals surface area contributed by atoms with Gasteiger partial charge in [0, 0.05) is 5.02 Å². The Kier molecular flexibility index (Phi) is 5.23. The van der Waals surface area contributed by atoms with E-state index in [0.29, 0.717) is 21.5 Å². The molecule has 0 radical (unpaired) electrons. The van der Waals surface area contributed by atoms with Crippen molar-refractivity contribution in [3.63, 3.8) is 0 Å². The first-order valence-corrected chi connectivity index (χ1v) is 9.62. The fraction of sp³-hybridized carbons (Fsp3) is 0.0476. The van der Waals surface area contributed by atoms with Gasteiger partial charge in [-0.2, -0.15) is 0 Å². The average molecular weight is 413 g/mol. The zero-order valence-corrected chi connectivity index (χ0v) is 16.1. The monoisotopic (exact) mass is 412 g/mol. The molecule has 7 heteroatoms. The van der Waals surface area contributed by atoms with Crippen molar-refractivity contribution in [2.24, 2.45) is 0 Å². The van der Waals surface area contributed by atoms with Crippen molar-refractivity contribution >= 4 is 44.2 Å². The van der Waals surface area contributed by atoms with E-state index in [-0.39, 0.29) is 18.3 Å². The van der Waals surface area contributed by atoms with Crippen LogP contribution in [0.25, 0.3) is 10.2 Å². The van der Waals surface area contributed by atoms with Crippen LogP contribution in [0.5, 0.6) is 5.75 Å². The number of halogens is 2. The number of benzene rings is 3. The van der Waals surface area contributed by atoms with Crippen LogP contribution in [0.2, 0.25) is 5.02 Å². The van der Waals surface area contributed by atoms with Crippen LogP contribution >= 0.6 is 22.9 Å². The summed E-state index contributed by atoms with van der Waals surface area (Å²) in [5.41, 5.74) is 1.96. The topological polar surface area (TPSA) is 51.2 Å². The quantitative estimate of drug-likeness (QED) is 0.442. The number of fused-ring (bicyclic) bond motifs is 1. The molecule has 1 aromatic heterocycles. The van der Waals surface area contributed by atoms with Gasteiger partial charge in [0.15, 0.2) is 5.13 Å². The van der Waals surface area contributed by atoms with E-state index >= 15 is 0 Å². The average Bonchev–Trinajstić information content (AvgIpc) is 3.09. The highest BCUT2D eigenvalue weighted by Crippen LogP contribution is 2.29. The maximum atomic E-state index is 13.0. The van der Waals surface area contributed by atoms with E-state index in [0.717, 1.165) is 15.8 Å². The SMILES string of the molecule is O=C(Nc1nc2ccc(Cl)cc2s1)c1ccccc1OCc1ccc(F)cc1. The molecule has 0 spiro atoms. The van der Waals surface area contributed by atoms with Gasteiger partial charge in [0.2, 0.25) is 0 Å². The molecule has 0 aliphatic carbocycles. The van der Waals surface area contributed by atoms with Crippen molar-refractivity contribution in [3.8, 4) is 5.75 Å². The third-order valence-electron chi connectivity index (χ3n) is 4.01. The van der Waals surface area contributed by atoms with E-state index in [1.807, 2.05) is 12.1 Å². The molecule has 4 nitrogen and oxygen atoms in total. The van der Waals surface area contributed by atoms with Gasteiger partial charge in [0.25, 0.3) is 5.91 Å². The van der Waals surface area contributed by atoms with Crippen molar-refractivity contribution < 1.29 is 13.9 Å². The van der Waals surface area contributed by atoms with Gasteiger partial charge >= 0.3 is 0 Å². The number of para-hydroxylation sites is 1. The summed E-state index contributed by atoms with van der Waals surface area (Å²) in [7, 11) is 0. The lowest BCUT2D eigenvalue weighted by molar-refractivity contribution is 0.102. The summed E-state index contributed by atoms with van der Waals surface area (Å²) >= 11 is 7.35. The number of hydrogen-bond donors (Lipinski definition) is 1. The second-order valence-corrected chi connectivity index (χ2v) is 7.46. The minimum absolute atomic E-state index is 0.226. The molecule has 0 aliphatic rings. The Hall–Kier alpha value is -2.96. The van der Waals surface area contributed by atoms with Gasteiger partial charge in [-0.1, -0.05) is 47.2 Å². The maximum Gasteiger partial charge on any atom is 0.261 e. The van der Waals surface area contributed by atoms with Gasteiger partial charge in [-0.25, -0.2) is 9.37 Å². The fourth-order valence-corrected chi connectivity index (χ4v) is 3.78. The molecular formula is C21H14ClFN2O2S. The van der Waals surface area contributed by atoms with Crippen LogP contribution in [0.4, 0.5) is 9.52 Å². The minimum atomic E-state index is -0.320. The lowest BCUT2D eigenvalue weighted by atomic mass is 10.2. The molecule has 4 rings (SSSR count). The van der Waals surface area contributed by atoms with Crippen LogP contribution in [-0.2, 0) is 6.61 Å². The summed E-state index contributed by atoms with van der Waals surface area (Å²) in [4.78, 5) is 17.1. The van der Waals surface area contributed by atoms with Crippen molar-refractivity contribution in [1.29, 1.82) is 0 Å². The van der Waals surface area contributed by atoms with Crippen LogP contribution in [0.15, 0.2) is 66.7 Å². The van der Waals surface area contributed by atoms with Crippen LogP contribution in [0.3, 0.4) is 0 Å². The maximum absolute atomic E-state index is 13.0. The molecule has 1 heterocycles. The van der Waals surface area contributed by atoms with Crippen molar-refractivity contribution in [3.05, 3.63) is 88.7 Å². The van der Waals surface area contributed by atoms with Gasteiger partial charge in [-0.3, -0.25) is 10.1 Å². The standard InChI is InChI=1S/C21H14ClFN2O2S/c22-14-7-10-17-19(11-14)28-21(24-17)25-20(26)16-3-1-2-4-18(16)27-12-13-5-8-15(23)9-6-13/h1-11H,12H2,(H,24,25,26). The highest BCUT2D eigenvalue weighted by molar-refractivity contribution is 7.22. The van der Waals surface area contributed by atoms with Crippen molar-refractivity contribution in [1.82, 2.24) is 4.98 Å². The third kappa shape index (κ3) is 4.13. The number of anilines is 1. The molecule has 1 amide bonds. The smallest absolute Gasteiger partial charge is 0.261 e. The normalized spacial score (nSPS) is 10.8. The molecule has 4 aromatic rings. The number of ether oxygens (including phenoxy) is 1. The van der Waals surface area contributed by atoms with Gasteiger partial charge in [0.05, 0.1) is 15.8 Å². The first kappa shape index (κ1) is 18.4. The van der Waals surface area contributed by atoms with Crippen molar-refractivity contribution in [2.75, 3.05) is 5.32 Å². The number of aromatic nitrogens is 1. The van der Waals surface area contributed by atoms with E-state index in [1.54, 1.807) is 42.5 Å². The van der Waals surface area contributed by atoms with E-state index in [1.165, 1.54) is 23.5 Å². The van der Waals surface area contributed by atoms with Gasteiger partial charge in [-0.05, 0) is 48.0 Å². The zero-order chi connectivity index (χ0) is 19.5. The number of amides is 1. The molecule has 0 saturated carbocycles. The Morgan fingerprint density at radius 2 is 1.89 bits per heavy atom. The molecule has 0 atom stereocenters. The Bertz CT molecular complexity index is 1140. The number of thiazole rings is 1. The summed E-state index contributed by atoms with van der Waals surface area (Å²) in [5.74, 6) is -0.186. The Labute approximate surface area is 169 Å².